The summed E-state index contributed by atoms with van der Waals surface area (Å²) in [5, 5.41) is 11.6. The van der Waals surface area contributed by atoms with Crippen LogP contribution in [0.5, 0.6) is 5.75 Å². The van der Waals surface area contributed by atoms with Gasteiger partial charge in [-0.2, -0.15) is 0 Å². The zero-order chi connectivity index (χ0) is 20.1. The van der Waals surface area contributed by atoms with E-state index in [0.717, 1.165) is 24.2 Å². The molecule has 0 unspecified atom stereocenters. The summed E-state index contributed by atoms with van der Waals surface area (Å²) >= 11 is 0. The molecule has 0 radical (unpaired) electrons. The topological polar surface area (TPSA) is 67.3 Å². The van der Waals surface area contributed by atoms with Crippen LogP contribution in [0.2, 0.25) is 0 Å². The summed E-state index contributed by atoms with van der Waals surface area (Å²) in [6.45, 7) is 2.03. The molecule has 29 heavy (non-hydrogen) atoms. The Morgan fingerprint density at radius 2 is 1.83 bits per heavy atom. The van der Waals surface area contributed by atoms with E-state index < -0.39 is 0 Å². The molecule has 1 aliphatic rings. The summed E-state index contributed by atoms with van der Waals surface area (Å²) in [4.78, 5) is 14.6. The van der Waals surface area contributed by atoms with E-state index in [1.165, 1.54) is 11.1 Å². The van der Waals surface area contributed by atoms with Crippen molar-refractivity contribution in [3.8, 4) is 5.75 Å². The Morgan fingerprint density at radius 1 is 1.03 bits per heavy atom. The van der Waals surface area contributed by atoms with E-state index in [1.54, 1.807) is 19.2 Å². The fourth-order valence-electron chi connectivity index (χ4n) is 3.61. The average molecular weight is 388 g/mol. The van der Waals surface area contributed by atoms with Gasteiger partial charge in [-0.3, -0.25) is 4.79 Å². The number of hydrogen-bond acceptors (Lipinski definition) is 5. The van der Waals surface area contributed by atoms with E-state index in [1.807, 2.05) is 41.3 Å². The molecule has 6 heteroatoms. The number of methoxy groups -OCH3 is 1. The first kappa shape index (κ1) is 18.9. The van der Waals surface area contributed by atoms with Crippen LogP contribution >= 0.6 is 0 Å². The second-order valence-electron chi connectivity index (χ2n) is 7.04. The molecular weight excluding hydrogens is 364 g/mol. The highest BCUT2D eigenvalue weighted by Crippen LogP contribution is 2.20. The quantitative estimate of drug-likeness (QED) is 0.702. The molecule has 1 N–H and O–H groups in total. The molecule has 0 bridgehead atoms. The maximum atomic E-state index is 12.8. The Bertz CT molecular complexity index is 988. The lowest BCUT2D eigenvalue weighted by atomic mass is 10.00. The minimum atomic E-state index is -0.0763. The van der Waals surface area contributed by atoms with Gasteiger partial charge in [0.2, 0.25) is 0 Å². The van der Waals surface area contributed by atoms with Gasteiger partial charge in [0.05, 0.1) is 7.11 Å². The van der Waals surface area contributed by atoms with Crippen LogP contribution in [-0.4, -0.2) is 41.2 Å². The number of carbonyl (C=O) groups is 1. The third kappa shape index (κ3) is 4.37. The molecule has 1 aromatic heterocycles. The number of carbonyl (C=O) groups excluding carboxylic acids is 1. The molecule has 148 valence electrons. The summed E-state index contributed by atoms with van der Waals surface area (Å²) in [5.74, 6) is 1.46. The number of benzene rings is 2. The third-order valence-electron chi connectivity index (χ3n) is 5.19. The van der Waals surface area contributed by atoms with E-state index in [2.05, 4.69) is 27.6 Å². The number of ether oxygens (including phenoxy) is 1. The number of anilines is 1. The van der Waals surface area contributed by atoms with Crippen LogP contribution in [0.3, 0.4) is 0 Å². The summed E-state index contributed by atoms with van der Waals surface area (Å²) in [5.41, 5.74) is 4.03. The molecule has 0 spiro atoms. The Labute approximate surface area is 170 Å². The largest absolute Gasteiger partial charge is 0.496 e. The Kier molecular flexibility index (Phi) is 5.70. The van der Waals surface area contributed by atoms with Gasteiger partial charge in [-0.25, -0.2) is 0 Å². The number of rotatable bonds is 6. The number of para-hydroxylation sites is 1. The van der Waals surface area contributed by atoms with Gasteiger partial charge in [-0.1, -0.05) is 42.5 Å². The molecule has 6 nitrogen and oxygen atoms in total. The Balaban J connectivity index is 1.34. The van der Waals surface area contributed by atoms with Crippen LogP contribution in [0.1, 0.15) is 27.2 Å². The summed E-state index contributed by atoms with van der Waals surface area (Å²) < 4.78 is 5.37. The van der Waals surface area contributed by atoms with Crippen molar-refractivity contribution < 1.29 is 9.53 Å². The maximum Gasteiger partial charge on any atom is 0.274 e. The van der Waals surface area contributed by atoms with Crippen molar-refractivity contribution in [2.75, 3.05) is 25.5 Å². The number of aromatic nitrogens is 2. The van der Waals surface area contributed by atoms with Crippen LogP contribution in [-0.2, 0) is 19.4 Å². The lowest BCUT2D eigenvalue weighted by molar-refractivity contribution is 0.0727. The lowest BCUT2D eigenvalue weighted by Crippen LogP contribution is -2.36. The molecule has 4 rings (SSSR count). The molecule has 1 aliphatic heterocycles. The molecule has 2 aromatic carbocycles. The highest BCUT2D eigenvalue weighted by Gasteiger charge is 2.22. The molecule has 0 fully saturated rings. The molecule has 0 aliphatic carbocycles. The number of amides is 1. The molecule has 0 saturated heterocycles. The van der Waals surface area contributed by atoms with Crippen LogP contribution < -0.4 is 10.1 Å². The minimum absolute atomic E-state index is 0.0763. The van der Waals surface area contributed by atoms with Crippen LogP contribution in [0.25, 0.3) is 0 Å². The monoisotopic (exact) mass is 388 g/mol. The number of fused-ring (bicyclic) bond motifs is 1. The van der Waals surface area contributed by atoms with Gasteiger partial charge in [-0.15, -0.1) is 10.2 Å². The van der Waals surface area contributed by atoms with Gasteiger partial charge in [0.1, 0.15) is 11.6 Å². The van der Waals surface area contributed by atoms with Gasteiger partial charge in [0.25, 0.3) is 5.91 Å². The van der Waals surface area contributed by atoms with Crippen molar-refractivity contribution in [3.05, 3.63) is 83.0 Å². The fraction of sp³-hybridized carbons (Fsp3) is 0.261. The first-order valence-corrected chi connectivity index (χ1v) is 9.80. The maximum absolute atomic E-state index is 12.8. The molecule has 1 amide bonds. The second kappa shape index (κ2) is 8.73. The van der Waals surface area contributed by atoms with Crippen LogP contribution in [0, 0.1) is 0 Å². The predicted octanol–water partition coefficient (Wildman–Crippen LogP) is 3.34. The van der Waals surface area contributed by atoms with E-state index in [9.17, 15) is 4.79 Å². The summed E-state index contributed by atoms with van der Waals surface area (Å²) in [6.07, 6.45) is 1.68. The minimum Gasteiger partial charge on any atom is -0.496 e. The van der Waals surface area contributed by atoms with E-state index in [0.29, 0.717) is 31.1 Å². The van der Waals surface area contributed by atoms with Crippen molar-refractivity contribution in [3.63, 3.8) is 0 Å². The normalized spacial score (nSPS) is 12.9. The molecule has 0 atom stereocenters. The average Bonchev–Trinajstić information content (AvgIpc) is 2.79. The van der Waals surface area contributed by atoms with Gasteiger partial charge in [0.15, 0.2) is 5.69 Å². The van der Waals surface area contributed by atoms with Crippen LogP contribution in [0.4, 0.5) is 5.82 Å². The molecule has 3 aromatic rings. The van der Waals surface area contributed by atoms with Gasteiger partial charge < -0.3 is 15.0 Å². The van der Waals surface area contributed by atoms with E-state index >= 15 is 0 Å². The van der Waals surface area contributed by atoms with Crippen molar-refractivity contribution >= 4 is 11.7 Å². The van der Waals surface area contributed by atoms with E-state index in [-0.39, 0.29) is 5.91 Å². The zero-order valence-electron chi connectivity index (χ0n) is 16.5. The van der Waals surface area contributed by atoms with Crippen molar-refractivity contribution in [1.29, 1.82) is 0 Å². The second-order valence-corrected chi connectivity index (χ2v) is 7.04. The van der Waals surface area contributed by atoms with Crippen LogP contribution in [0.15, 0.2) is 60.7 Å². The Morgan fingerprint density at radius 3 is 2.62 bits per heavy atom. The lowest BCUT2D eigenvalue weighted by Gasteiger charge is -2.28. The highest BCUT2D eigenvalue weighted by atomic mass is 16.5. The first-order valence-electron chi connectivity index (χ1n) is 9.80. The number of nitrogens with one attached hydrogen (secondary N) is 1. The Hall–Kier alpha value is -3.41. The first-order chi connectivity index (χ1) is 14.2. The van der Waals surface area contributed by atoms with Gasteiger partial charge in [-0.05, 0) is 47.7 Å². The highest BCUT2D eigenvalue weighted by molar-refractivity contribution is 5.92. The smallest absolute Gasteiger partial charge is 0.274 e. The predicted molar refractivity (Wildman–Crippen MR) is 112 cm³/mol. The zero-order valence-corrected chi connectivity index (χ0v) is 16.5. The fourth-order valence-corrected chi connectivity index (χ4v) is 3.61. The molecular formula is C23H24N4O2. The van der Waals surface area contributed by atoms with Crippen molar-refractivity contribution in [2.24, 2.45) is 0 Å². The number of nitrogens with zero attached hydrogens (tertiary/aromatic N) is 3. The SMILES string of the molecule is COc1ccccc1CCNc1ccc(C(=O)N2CCc3ccccc3C2)nn1. The molecule has 2 heterocycles. The number of hydrogen-bond donors (Lipinski definition) is 1. The third-order valence-corrected chi connectivity index (χ3v) is 5.19. The summed E-state index contributed by atoms with van der Waals surface area (Å²) in [7, 11) is 1.68. The van der Waals surface area contributed by atoms with E-state index in [4.69, 9.17) is 4.74 Å². The van der Waals surface area contributed by atoms with Gasteiger partial charge in [0, 0.05) is 19.6 Å². The summed E-state index contributed by atoms with van der Waals surface area (Å²) in [6, 6.07) is 19.8. The molecule has 0 saturated carbocycles. The van der Waals surface area contributed by atoms with Gasteiger partial charge >= 0.3 is 0 Å². The standard InChI is InChI=1S/C23H24N4O2/c1-29-21-9-5-4-7-18(21)12-14-24-22-11-10-20(25-26-22)23(28)27-15-13-17-6-2-3-8-19(17)16-27/h2-11H,12-16H2,1H3,(H,24,26). The van der Waals surface area contributed by atoms with Crippen molar-refractivity contribution in [2.45, 2.75) is 19.4 Å². The van der Waals surface area contributed by atoms with Crippen molar-refractivity contribution in [1.82, 2.24) is 15.1 Å².